The largest absolute Gasteiger partial charge is 0.455 e. The van der Waals surface area contributed by atoms with Crippen molar-refractivity contribution >= 4 is 82.7 Å². The highest BCUT2D eigenvalue weighted by Crippen LogP contribution is 2.50. The zero-order chi connectivity index (χ0) is 46.7. The molecular weight excluding hydrogens is 817 g/mol. The van der Waals surface area contributed by atoms with Gasteiger partial charge >= 0.3 is 0 Å². The van der Waals surface area contributed by atoms with Gasteiger partial charge in [-0.1, -0.05) is 149 Å². The molecule has 0 saturated carbocycles. The van der Waals surface area contributed by atoms with E-state index in [1.54, 1.807) is 0 Å². The fourth-order valence-corrected chi connectivity index (χ4v) is 10.5. The summed E-state index contributed by atoms with van der Waals surface area (Å²) in [6.45, 7) is 22.1. The van der Waals surface area contributed by atoms with E-state index >= 15 is 0 Å². The van der Waals surface area contributed by atoms with E-state index in [2.05, 4.69) is 237 Å². The Labute approximate surface area is 395 Å². The molecular formula is C63H60N2O2. The molecule has 0 aliphatic heterocycles. The highest BCUT2D eigenvalue weighted by molar-refractivity contribution is 6.28. The minimum Gasteiger partial charge on any atom is -0.455 e. The van der Waals surface area contributed by atoms with Crippen LogP contribution in [0.4, 0.5) is 28.4 Å². The maximum absolute atomic E-state index is 7.08. The maximum atomic E-state index is 7.08. The van der Waals surface area contributed by atoms with Crippen LogP contribution >= 0.6 is 0 Å². The van der Waals surface area contributed by atoms with Gasteiger partial charge in [0.2, 0.25) is 0 Å². The van der Waals surface area contributed by atoms with Crippen LogP contribution in [0.3, 0.4) is 0 Å². The Morgan fingerprint density at radius 1 is 0.567 bits per heavy atom. The van der Waals surface area contributed by atoms with Crippen LogP contribution in [0, 0.1) is 20.8 Å². The van der Waals surface area contributed by atoms with Crippen molar-refractivity contribution in [3.8, 4) is 11.5 Å². The number of allylic oxidation sites excluding steroid dienone is 4. The standard InChI is InChI=1S/C63H60N2O2/c1-11-17-40(6)35-44(10)64(56-23-12-13-25-58(56)66-61-43(9)18-14-19-48(61)38(2)3)54-32-28-45-27-31-53-55(33-29-46-26-30-52(54)59(45)60(46)53)65(47-36-41(7)34-42(8)37-47)57-24-16-22-51-50-21-15-20-49(39(4)5)62(50)67-63(51)57/h12-39H,11H2,1-10H3/b40-17-,44-35+. The Morgan fingerprint density at radius 3 is 1.84 bits per heavy atom. The van der Waals surface area contributed by atoms with Crippen molar-refractivity contribution in [2.45, 2.75) is 87.5 Å². The van der Waals surface area contributed by atoms with E-state index in [1.807, 2.05) is 0 Å². The van der Waals surface area contributed by atoms with Crippen molar-refractivity contribution < 1.29 is 9.15 Å². The fourth-order valence-electron chi connectivity index (χ4n) is 10.5. The molecule has 334 valence electrons. The number of nitrogens with zero attached hydrogens (tertiary/aromatic N) is 2. The summed E-state index contributed by atoms with van der Waals surface area (Å²) in [5.41, 5.74) is 15.4. The SMILES string of the molecule is CC/C=C(C)\C=C(/C)N(c1ccccc1Oc1c(C)cccc1C(C)C)c1ccc2ccc3c(N(c4cc(C)cc(C)c4)c4cccc5c4oc4c(C(C)C)cccc45)ccc4ccc1c2c43. The van der Waals surface area contributed by atoms with Gasteiger partial charge in [0.1, 0.15) is 11.3 Å². The molecule has 0 fully saturated rings. The van der Waals surface area contributed by atoms with Gasteiger partial charge in [0.05, 0.1) is 22.7 Å². The van der Waals surface area contributed by atoms with E-state index in [1.165, 1.54) is 60.1 Å². The van der Waals surface area contributed by atoms with E-state index in [-0.39, 0.29) is 0 Å². The van der Waals surface area contributed by atoms with Crippen molar-refractivity contribution in [2.24, 2.45) is 0 Å². The molecule has 0 bridgehead atoms. The lowest BCUT2D eigenvalue weighted by molar-refractivity contribution is 0.470. The summed E-state index contributed by atoms with van der Waals surface area (Å²) in [5.74, 6) is 2.35. The Balaban J connectivity index is 1.23. The lowest BCUT2D eigenvalue weighted by Crippen LogP contribution is -2.16. The molecule has 67 heavy (non-hydrogen) atoms. The molecule has 10 rings (SSSR count). The van der Waals surface area contributed by atoms with Crippen molar-refractivity contribution in [3.63, 3.8) is 0 Å². The first-order valence-electron chi connectivity index (χ1n) is 24.0. The van der Waals surface area contributed by atoms with Gasteiger partial charge in [-0.15, -0.1) is 0 Å². The average Bonchev–Trinajstić information content (AvgIpc) is 3.69. The number of benzene rings is 9. The maximum Gasteiger partial charge on any atom is 0.159 e. The number of ether oxygens (including phenoxy) is 1. The molecule has 4 heteroatoms. The number of hydrogen-bond donors (Lipinski definition) is 0. The Hall–Kier alpha value is -7.30. The molecule has 4 nitrogen and oxygen atoms in total. The van der Waals surface area contributed by atoms with Gasteiger partial charge in [0.15, 0.2) is 11.3 Å². The van der Waals surface area contributed by atoms with Gasteiger partial charge in [-0.25, -0.2) is 0 Å². The molecule has 0 radical (unpaired) electrons. The number of aryl methyl sites for hydroxylation is 3. The van der Waals surface area contributed by atoms with Crippen LogP contribution in [0.2, 0.25) is 0 Å². The minimum atomic E-state index is 0.305. The quantitative estimate of drug-likeness (QED) is 0.0903. The molecule has 1 heterocycles. The summed E-state index contributed by atoms with van der Waals surface area (Å²) >= 11 is 0. The number of rotatable bonds is 12. The van der Waals surface area contributed by atoms with Crippen molar-refractivity contribution in [1.29, 1.82) is 0 Å². The number of fused-ring (bicyclic) bond motifs is 3. The lowest BCUT2D eigenvalue weighted by Gasteiger charge is -2.31. The number of furan rings is 1. The Kier molecular flexibility index (Phi) is 11.4. The molecule has 0 unspecified atom stereocenters. The summed E-state index contributed by atoms with van der Waals surface area (Å²) in [4.78, 5) is 4.83. The molecule has 10 aromatic rings. The van der Waals surface area contributed by atoms with Crippen LogP contribution in [-0.4, -0.2) is 0 Å². The van der Waals surface area contributed by atoms with E-state index in [9.17, 15) is 0 Å². The summed E-state index contributed by atoms with van der Waals surface area (Å²) < 4.78 is 14.1. The minimum absolute atomic E-state index is 0.305. The first-order chi connectivity index (χ1) is 32.4. The van der Waals surface area contributed by atoms with Gasteiger partial charge in [0.25, 0.3) is 0 Å². The van der Waals surface area contributed by atoms with Gasteiger partial charge in [-0.05, 0) is 151 Å². The van der Waals surface area contributed by atoms with Gasteiger partial charge in [-0.3, -0.25) is 0 Å². The van der Waals surface area contributed by atoms with Crippen LogP contribution in [-0.2, 0) is 0 Å². The van der Waals surface area contributed by atoms with Crippen LogP contribution in [0.15, 0.2) is 173 Å². The van der Waals surface area contributed by atoms with Gasteiger partial charge < -0.3 is 19.0 Å². The molecule has 0 N–H and O–H groups in total. The average molecular weight is 877 g/mol. The summed E-state index contributed by atoms with van der Waals surface area (Å²) in [5, 5.41) is 9.47. The zero-order valence-electron chi connectivity index (χ0n) is 40.6. The predicted molar refractivity (Wildman–Crippen MR) is 287 cm³/mol. The first kappa shape index (κ1) is 43.6. The summed E-state index contributed by atoms with van der Waals surface area (Å²) in [6, 6.07) is 53.4. The second-order valence-corrected chi connectivity index (χ2v) is 19.1. The monoisotopic (exact) mass is 876 g/mol. The number of para-hydroxylation sites is 5. The second kappa shape index (κ2) is 17.5. The van der Waals surface area contributed by atoms with E-state index in [0.29, 0.717) is 11.8 Å². The molecule has 0 atom stereocenters. The van der Waals surface area contributed by atoms with Crippen LogP contribution < -0.4 is 14.5 Å². The fraction of sp³-hybridized carbons (Fsp3) is 0.206. The van der Waals surface area contributed by atoms with Crippen LogP contribution in [0.1, 0.15) is 94.5 Å². The molecule has 0 saturated heterocycles. The highest BCUT2D eigenvalue weighted by Gasteiger charge is 2.26. The third kappa shape index (κ3) is 7.69. The van der Waals surface area contributed by atoms with Crippen molar-refractivity contribution in [3.05, 3.63) is 197 Å². The van der Waals surface area contributed by atoms with E-state index in [4.69, 9.17) is 9.15 Å². The summed E-state index contributed by atoms with van der Waals surface area (Å²) in [7, 11) is 0. The third-order valence-corrected chi connectivity index (χ3v) is 13.5. The molecule has 0 spiro atoms. The summed E-state index contributed by atoms with van der Waals surface area (Å²) in [6.07, 6.45) is 5.55. The highest BCUT2D eigenvalue weighted by atomic mass is 16.5. The van der Waals surface area contributed by atoms with Gasteiger partial charge in [0, 0.05) is 32.9 Å². The van der Waals surface area contributed by atoms with Crippen LogP contribution in [0.5, 0.6) is 11.5 Å². The van der Waals surface area contributed by atoms with Crippen LogP contribution in [0.25, 0.3) is 54.3 Å². The lowest BCUT2D eigenvalue weighted by atomic mass is 9.91. The molecule has 9 aromatic carbocycles. The van der Waals surface area contributed by atoms with E-state index in [0.717, 1.165) is 79.6 Å². The smallest absolute Gasteiger partial charge is 0.159 e. The molecule has 0 aliphatic rings. The number of hydrogen-bond acceptors (Lipinski definition) is 4. The first-order valence-corrected chi connectivity index (χ1v) is 24.0. The predicted octanol–water partition coefficient (Wildman–Crippen LogP) is 19.3. The zero-order valence-corrected chi connectivity index (χ0v) is 40.6. The molecule has 0 amide bonds. The van der Waals surface area contributed by atoms with Crippen molar-refractivity contribution in [1.82, 2.24) is 0 Å². The topological polar surface area (TPSA) is 28.9 Å². The van der Waals surface area contributed by atoms with E-state index < -0.39 is 0 Å². The Morgan fingerprint density at radius 2 is 1.15 bits per heavy atom. The third-order valence-electron chi connectivity index (χ3n) is 13.5. The Bertz CT molecular complexity index is 3550. The molecule has 1 aromatic heterocycles. The second-order valence-electron chi connectivity index (χ2n) is 19.1. The molecule has 0 aliphatic carbocycles. The van der Waals surface area contributed by atoms with Crippen molar-refractivity contribution in [2.75, 3.05) is 9.80 Å². The normalized spacial score (nSPS) is 12.5. The number of anilines is 5. The van der Waals surface area contributed by atoms with Gasteiger partial charge in [-0.2, -0.15) is 0 Å².